The Balaban J connectivity index is 1.72. The molecule has 1 aliphatic carbocycles. The van der Waals surface area contributed by atoms with Crippen LogP contribution >= 0.6 is 23.2 Å². The molecule has 0 aromatic heterocycles. The van der Waals surface area contributed by atoms with Gasteiger partial charge in [0.25, 0.3) is 0 Å². The van der Waals surface area contributed by atoms with Crippen LogP contribution in [0.25, 0.3) is 0 Å². The van der Waals surface area contributed by atoms with Crippen LogP contribution in [0.4, 0.5) is 0 Å². The SMILES string of the molecule is CC[C@@H](C(=O)NC1CCCCC1)N(Cc1ccc(Cl)cc1Cl)C(=O)CCCN(C)S(=O)(=O)c1ccccc1. The molecule has 208 valence electrons. The van der Waals surface area contributed by atoms with Crippen molar-refractivity contribution in [3.63, 3.8) is 0 Å². The van der Waals surface area contributed by atoms with Crippen LogP contribution in [0.5, 0.6) is 0 Å². The van der Waals surface area contributed by atoms with Crippen LogP contribution < -0.4 is 5.32 Å². The van der Waals surface area contributed by atoms with E-state index in [9.17, 15) is 18.0 Å². The van der Waals surface area contributed by atoms with Crippen molar-refractivity contribution in [1.82, 2.24) is 14.5 Å². The van der Waals surface area contributed by atoms with E-state index in [0.29, 0.717) is 28.5 Å². The van der Waals surface area contributed by atoms with Crippen LogP contribution in [0.15, 0.2) is 53.4 Å². The molecular formula is C28H37Cl2N3O4S. The number of carbonyl (C=O) groups excluding carboxylic acids is 2. The molecule has 2 amide bonds. The van der Waals surface area contributed by atoms with Crippen molar-refractivity contribution in [2.45, 2.75) is 81.8 Å². The number of amides is 2. The molecule has 0 radical (unpaired) electrons. The van der Waals surface area contributed by atoms with Gasteiger partial charge in [-0.1, -0.05) is 73.7 Å². The molecule has 2 aromatic carbocycles. The molecule has 7 nitrogen and oxygen atoms in total. The molecule has 1 fully saturated rings. The van der Waals surface area contributed by atoms with Gasteiger partial charge in [-0.3, -0.25) is 9.59 Å². The number of nitrogens with zero attached hydrogens (tertiary/aromatic N) is 2. The highest BCUT2D eigenvalue weighted by Crippen LogP contribution is 2.25. The second kappa shape index (κ2) is 14.3. The monoisotopic (exact) mass is 581 g/mol. The Morgan fingerprint density at radius 3 is 2.37 bits per heavy atom. The highest BCUT2D eigenvalue weighted by atomic mass is 35.5. The van der Waals surface area contributed by atoms with Crippen molar-refractivity contribution < 1.29 is 18.0 Å². The van der Waals surface area contributed by atoms with Crippen LogP contribution in [-0.2, 0) is 26.2 Å². The van der Waals surface area contributed by atoms with Crippen molar-refractivity contribution in [2.75, 3.05) is 13.6 Å². The van der Waals surface area contributed by atoms with Gasteiger partial charge in [0.2, 0.25) is 21.8 Å². The molecular weight excluding hydrogens is 545 g/mol. The van der Waals surface area contributed by atoms with Gasteiger partial charge in [0.1, 0.15) is 6.04 Å². The van der Waals surface area contributed by atoms with E-state index in [2.05, 4.69) is 5.32 Å². The van der Waals surface area contributed by atoms with E-state index in [1.807, 2.05) is 6.92 Å². The largest absolute Gasteiger partial charge is 0.352 e. The fourth-order valence-electron chi connectivity index (χ4n) is 4.79. The standard InChI is InChI=1S/C28H37Cl2N3O4S/c1-3-26(28(35)31-23-11-6-4-7-12-23)33(20-21-16-17-22(29)19-25(21)30)27(34)15-10-18-32(2)38(36,37)24-13-8-5-9-14-24/h5,8-9,13-14,16-17,19,23,26H,3-4,6-7,10-12,15,18,20H2,1-2H3,(H,31,35)/t26-/m0/s1. The molecule has 1 aliphatic rings. The van der Waals surface area contributed by atoms with E-state index in [1.54, 1.807) is 53.4 Å². The molecule has 38 heavy (non-hydrogen) atoms. The Morgan fingerprint density at radius 1 is 1.05 bits per heavy atom. The van der Waals surface area contributed by atoms with Gasteiger partial charge in [0.05, 0.1) is 4.90 Å². The lowest BCUT2D eigenvalue weighted by atomic mass is 9.95. The first kappa shape index (κ1) is 30.4. The minimum Gasteiger partial charge on any atom is -0.352 e. The van der Waals surface area contributed by atoms with Gasteiger partial charge < -0.3 is 10.2 Å². The minimum absolute atomic E-state index is 0.0903. The first-order chi connectivity index (χ1) is 18.1. The van der Waals surface area contributed by atoms with Gasteiger partial charge >= 0.3 is 0 Å². The smallest absolute Gasteiger partial charge is 0.243 e. The molecule has 0 unspecified atom stereocenters. The molecule has 3 rings (SSSR count). The summed E-state index contributed by atoms with van der Waals surface area (Å²) in [5.74, 6) is -0.395. The Labute approximate surface area is 236 Å². The maximum Gasteiger partial charge on any atom is 0.243 e. The first-order valence-corrected chi connectivity index (χ1v) is 15.4. The zero-order chi connectivity index (χ0) is 27.7. The summed E-state index contributed by atoms with van der Waals surface area (Å²) in [6.07, 6.45) is 6.09. The van der Waals surface area contributed by atoms with Crippen LogP contribution in [0.3, 0.4) is 0 Å². The van der Waals surface area contributed by atoms with Crippen molar-refractivity contribution in [3.05, 3.63) is 64.1 Å². The molecule has 10 heteroatoms. The average molecular weight is 583 g/mol. The van der Waals surface area contributed by atoms with Crippen LogP contribution in [0.2, 0.25) is 10.0 Å². The number of sulfonamides is 1. The fraction of sp³-hybridized carbons (Fsp3) is 0.500. The number of rotatable bonds is 12. The first-order valence-electron chi connectivity index (χ1n) is 13.2. The predicted molar refractivity (Wildman–Crippen MR) is 152 cm³/mol. The normalized spacial score (nSPS) is 15.3. The molecule has 0 bridgehead atoms. The van der Waals surface area contributed by atoms with Crippen LogP contribution in [0.1, 0.15) is 63.9 Å². The summed E-state index contributed by atoms with van der Waals surface area (Å²) in [7, 11) is -2.15. The molecule has 1 atom stereocenters. The van der Waals surface area contributed by atoms with Gasteiger partial charge in [-0.2, -0.15) is 0 Å². The van der Waals surface area contributed by atoms with E-state index in [4.69, 9.17) is 23.2 Å². The highest BCUT2D eigenvalue weighted by molar-refractivity contribution is 7.89. The van der Waals surface area contributed by atoms with E-state index in [-0.39, 0.29) is 42.3 Å². The minimum atomic E-state index is -3.65. The lowest BCUT2D eigenvalue weighted by Crippen LogP contribution is -2.51. The third-order valence-corrected chi connectivity index (χ3v) is 9.47. The van der Waals surface area contributed by atoms with Crippen molar-refractivity contribution >= 4 is 45.0 Å². The summed E-state index contributed by atoms with van der Waals surface area (Å²) in [5.41, 5.74) is 0.692. The van der Waals surface area contributed by atoms with E-state index in [0.717, 1.165) is 25.7 Å². The van der Waals surface area contributed by atoms with Gasteiger partial charge in [-0.05, 0) is 55.5 Å². The summed E-state index contributed by atoms with van der Waals surface area (Å²) in [6.45, 7) is 2.21. The summed E-state index contributed by atoms with van der Waals surface area (Å²) in [6, 6.07) is 12.7. The number of hydrogen-bond acceptors (Lipinski definition) is 4. The quantitative estimate of drug-likeness (QED) is 0.351. The van der Waals surface area contributed by atoms with Crippen LogP contribution in [0, 0.1) is 0 Å². The number of nitrogens with one attached hydrogen (secondary N) is 1. The van der Waals surface area contributed by atoms with E-state index < -0.39 is 16.1 Å². The van der Waals surface area contributed by atoms with Gasteiger partial charge in [0.15, 0.2) is 0 Å². The zero-order valence-electron chi connectivity index (χ0n) is 22.0. The molecule has 0 saturated heterocycles. The number of halogens is 2. The van der Waals surface area contributed by atoms with Gasteiger partial charge in [0, 0.05) is 42.6 Å². The molecule has 2 aromatic rings. The molecule has 1 N–H and O–H groups in total. The lowest BCUT2D eigenvalue weighted by Gasteiger charge is -2.33. The Bertz CT molecular complexity index is 1190. The Hall–Kier alpha value is -2.13. The highest BCUT2D eigenvalue weighted by Gasteiger charge is 2.31. The second-order valence-electron chi connectivity index (χ2n) is 9.77. The number of hydrogen-bond donors (Lipinski definition) is 1. The van der Waals surface area contributed by atoms with Gasteiger partial charge in [-0.15, -0.1) is 0 Å². The summed E-state index contributed by atoms with van der Waals surface area (Å²) in [4.78, 5) is 28.6. The van der Waals surface area contributed by atoms with E-state index >= 15 is 0 Å². The summed E-state index contributed by atoms with van der Waals surface area (Å²) >= 11 is 12.5. The average Bonchev–Trinajstić information content (AvgIpc) is 2.90. The molecule has 0 heterocycles. The molecule has 0 spiro atoms. The number of benzene rings is 2. The van der Waals surface area contributed by atoms with Gasteiger partial charge in [-0.25, -0.2) is 12.7 Å². The lowest BCUT2D eigenvalue weighted by molar-refractivity contribution is -0.141. The third kappa shape index (κ3) is 8.18. The molecule has 0 aliphatic heterocycles. The van der Waals surface area contributed by atoms with Crippen molar-refractivity contribution in [2.24, 2.45) is 0 Å². The zero-order valence-corrected chi connectivity index (χ0v) is 24.4. The number of carbonyl (C=O) groups is 2. The topological polar surface area (TPSA) is 86.8 Å². The molecule has 1 saturated carbocycles. The predicted octanol–water partition coefficient (Wildman–Crippen LogP) is 5.65. The maximum absolute atomic E-state index is 13.5. The van der Waals surface area contributed by atoms with Crippen LogP contribution in [-0.4, -0.2) is 55.1 Å². The third-order valence-electron chi connectivity index (χ3n) is 7.01. The second-order valence-corrected chi connectivity index (χ2v) is 12.7. The Morgan fingerprint density at radius 2 is 1.74 bits per heavy atom. The Kier molecular flexibility index (Phi) is 11.5. The maximum atomic E-state index is 13.5. The van der Waals surface area contributed by atoms with Crippen molar-refractivity contribution in [1.29, 1.82) is 0 Å². The summed E-state index contributed by atoms with van der Waals surface area (Å²) < 4.78 is 26.9. The fourth-order valence-corrected chi connectivity index (χ4v) is 6.49. The van der Waals surface area contributed by atoms with E-state index in [1.165, 1.54) is 17.8 Å². The summed E-state index contributed by atoms with van der Waals surface area (Å²) in [5, 5.41) is 4.06. The van der Waals surface area contributed by atoms with Crippen molar-refractivity contribution in [3.8, 4) is 0 Å².